The summed E-state index contributed by atoms with van der Waals surface area (Å²) in [5.41, 5.74) is 5.74. The third kappa shape index (κ3) is 5.28. The molecule has 1 aliphatic rings. The second-order valence-corrected chi connectivity index (χ2v) is 7.97. The maximum Gasteiger partial charge on any atom is 0.251 e. The maximum absolute atomic E-state index is 12.3. The van der Waals surface area contributed by atoms with Gasteiger partial charge < -0.3 is 10.2 Å². The highest BCUT2D eigenvalue weighted by atomic mass is 16.1. The van der Waals surface area contributed by atoms with Crippen molar-refractivity contribution in [1.82, 2.24) is 10.2 Å². The number of benzene rings is 3. The van der Waals surface area contributed by atoms with Crippen LogP contribution in [0.2, 0.25) is 0 Å². The van der Waals surface area contributed by atoms with Crippen molar-refractivity contribution in [3.8, 4) is 0 Å². The first-order valence-electron chi connectivity index (χ1n) is 10.6. The number of rotatable bonds is 6. The Labute approximate surface area is 179 Å². The molecule has 1 saturated heterocycles. The van der Waals surface area contributed by atoms with Crippen LogP contribution in [-0.2, 0) is 13.1 Å². The molecule has 154 valence electrons. The minimum absolute atomic E-state index is 0.0364. The lowest BCUT2D eigenvalue weighted by molar-refractivity contribution is 0.0951. The molecule has 4 heteroatoms. The van der Waals surface area contributed by atoms with Gasteiger partial charge in [-0.2, -0.15) is 0 Å². The van der Waals surface area contributed by atoms with Crippen LogP contribution >= 0.6 is 0 Å². The van der Waals surface area contributed by atoms with E-state index in [-0.39, 0.29) is 5.91 Å². The van der Waals surface area contributed by atoms with Gasteiger partial charge in [-0.3, -0.25) is 9.69 Å². The zero-order chi connectivity index (χ0) is 20.8. The zero-order valence-electron chi connectivity index (χ0n) is 17.6. The molecule has 1 aliphatic heterocycles. The summed E-state index contributed by atoms with van der Waals surface area (Å²) in [6.07, 6.45) is 0. The summed E-state index contributed by atoms with van der Waals surface area (Å²) in [6.45, 7) is 7.83. The molecule has 0 aliphatic carbocycles. The first-order valence-corrected chi connectivity index (χ1v) is 10.6. The van der Waals surface area contributed by atoms with Gasteiger partial charge in [-0.05, 0) is 42.3 Å². The van der Waals surface area contributed by atoms with Gasteiger partial charge in [0.05, 0.1) is 0 Å². The van der Waals surface area contributed by atoms with E-state index >= 15 is 0 Å². The third-order valence-corrected chi connectivity index (χ3v) is 5.66. The molecule has 1 amide bonds. The van der Waals surface area contributed by atoms with Crippen molar-refractivity contribution in [2.45, 2.75) is 20.0 Å². The molecule has 0 saturated carbocycles. The predicted octanol–water partition coefficient (Wildman–Crippen LogP) is 4.25. The molecule has 0 unspecified atom stereocenters. The molecule has 0 spiro atoms. The largest absolute Gasteiger partial charge is 0.369 e. The summed E-state index contributed by atoms with van der Waals surface area (Å²) < 4.78 is 0. The van der Waals surface area contributed by atoms with E-state index in [1.165, 1.54) is 16.8 Å². The van der Waals surface area contributed by atoms with E-state index < -0.39 is 0 Å². The first-order chi connectivity index (χ1) is 14.7. The van der Waals surface area contributed by atoms with Gasteiger partial charge >= 0.3 is 0 Å². The molecule has 0 atom stereocenters. The van der Waals surface area contributed by atoms with Gasteiger partial charge in [0.15, 0.2) is 0 Å². The van der Waals surface area contributed by atoms with Gasteiger partial charge in [-0.1, -0.05) is 60.2 Å². The van der Waals surface area contributed by atoms with Crippen LogP contribution in [0.3, 0.4) is 0 Å². The Bertz CT molecular complexity index is 961. The van der Waals surface area contributed by atoms with Gasteiger partial charge in [0.1, 0.15) is 0 Å². The normalized spacial score (nSPS) is 14.5. The van der Waals surface area contributed by atoms with Gasteiger partial charge in [0.25, 0.3) is 5.91 Å². The smallest absolute Gasteiger partial charge is 0.251 e. The molecule has 30 heavy (non-hydrogen) atoms. The van der Waals surface area contributed by atoms with Crippen LogP contribution in [0.1, 0.15) is 27.0 Å². The number of hydrogen-bond acceptors (Lipinski definition) is 3. The summed E-state index contributed by atoms with van der Waals surface area (Å²) in [7, 11) is 0. The molecule has 4 rings (SSSR count). The van der Waals surface area contributed by atoms with Crippen LogP contribution in [0.15, 0.2) is 78.9 Å². The van der Waals surface area contributed by atoms with Crippen molar-refractivity contribution in [3.63, 3.8) is 0 Å². The number of aryl methyl sites for hydroxylation is 1. The van der Waals surface area contributed by atoms with Crippen LogP contribution in [0, 0.1) is 6.92 Å². The van der Waals surface area contributed by atoms with Crippen LogP contribution in [0.25, 0.3) is 0 Å². The fraction of sp³-hybridized carbons (Fsp3) is 0.269. The zero-order valence-corrected chi connectivity index (χ0v) is 17.6. The van der Waals surface area contributed by atoms with Crippen molar-refractivity contribution >= 4 is 11.6 Å². The maximum atomic E-state index is 12.3. The molecule has 4 nitrogen and oxygen atoms in total. The summed E-state index contributed by atoms with van der Waals surface area (Å²) in [5.74, 6) is -0.0364. The molecule has 3 aromatic carbocycles. The molecule has 0 aromatic heterocycles. The summed E-state index contributed by atoms with van der Waals surface area (Å²) in [5, 5.41) is 3.02. The molecule has 0 radical (unpaired) electrons. The quantitative estimate of drug-likeness (QED) is 0.673. The topological polar surface area (TPSA) is 35.6 Å². The molecule has 1 heterocycles. The van der Waals surface area contributed by atoms with E-state index in [4.69, 9.17) is 0 Å². The Morgan fingerprint density at radius 1 is 0.833 bits per heavy atom. The third-order valence-electron chi connectivity index (χ3n) is 5.66. The van der Waals surface area contributed by atoms with Crippen molar-refractivity contribution < 1.29 is 4.79 Å². The summed E-state index contributed by atoms with van der Waals surface area (Å²) in [4.78, 5) is 17.2. The number of nitrogens with one attached hydrogen (secondary N) is 1. The molecule has 1 fully saturated rings. The van der Waals surface area contributed by atoms with Crippen LogP contribution in [0.4, 0.5) is 5.69 Å². The lowest BCUT2D eigenvalue weighted by Gasteiger charge is -2.36. The molecular formula is C26H29N3O. The Hall–Kier alpha value is -3.11. The highest BCUT2D eigenvalue weighted by Crippen LogP contribution is 2.19. The van der Waals surface area contributed by atoms with Crippen LogP contribution < -0.4 is 10.2 Å². The van der Waals surface area contributed by atoms with Gasteiger partial charge in [-0.15, -0.1) is 0 Å². The van der Waals surface area contributed by atoms with Crippen molar-refractivity contribution in [1.29, 1.82) is 0 Å². The Kier molecular flexibility index (Phi) is 6.45. The number of anilines is 1. The van der Waals surface area contributed by atoms with E-state index in [1.54, 1.807) is 0 Å². The second-order valence-electron chi connectivity index (χ2n) is 7.97. The number of hydrogen-bond donors (Lipinski definition) is 1. The van der Waals surface area contributed by atoms with E-state index in [0.717, 1.165) is 38.3 Å². The summed E-state index contributed by atoms with van der Waals surface area (Å²) in [6, 6.07) is 26.7. The number of nitrogens with zero attached hydrogens (tertiary/aromatic N) is 2. The van der Waals surface area contributed by atoms with Gasteiger partial charge in [0, 0.05) is 50.5 Å². The SMILES string of the molecule is Cc1ccc(CN2CCN(c3cccc(CNC(=O)c4ccccc4)c3)CC2)cc1. The monoisotopic (exact) mass is 399 g/mol. The molecule has 1 N–H and O–H groups in total. The van der Waals surface area contributed by atoms with Crippen LogP contribution in [-0.4, -0.2) is 37.0 Å². The lowest BCUT2D eigenvalue weighted by atomic mass is 10.1. The van der Waals surface area contributed by atoms with E-state index in [9.17, 15) is 4.79 Å². The van der Waals surface area contributed by atoms with E-state index in [1.807, 2.05) is 30.3 Å². The molecular weight excluding hydrogens is 370 g/mol. The van der Waals surface area contributed by atoms with E-state index in [0.29, 0.717) is 12.1 Å². The van der Waals surface area contributed by atoms with Crippen molar-refractivity contribution in [3.05, 3.63) is 101 Å². The standard InChI is InChI=1S/C26H29N3O/c1-21-10-12-22(13-11-21)20-28-14-16-29(17-15-28)25-9-5-6-23(18-25)19-27-26(30)24-7-3-2-4-8-24/h2-13,18H,14-17,19-20H2,1H3,(H,27,30). The fourth-order valence-electron chi connectivity index (χ4n) is 3.85. The van der Waals surface area contributed by atoms with Gasteiger partial charge in [-0.25, -0.2) is 0 Å². The highest BCUT2D eigenvalue weighted by molar-refractivity contribution is 5.94. The molecule has 0 bridgehead atoms. The Morgan fingerprint density at radius 3 is 2.30 bits per heavy atom. The van der Waals surface area contributed by atoms with E-state index in [2.05, 4.69) is 70.6 Å². The average Bonchev–Trinajstić information content (AvgIpc) is 2.80. The fourth-order valence-corrected chi connectivity index (χ4v) is 3.85. The Balaban J connectivity index is 1.30. The lowest BCUT2D eigenvalue weighted by Crippen LogP contribution is -2.46. The first kappa shape index (κ1) is 20.2. The average molecular weight is 400 g/mol. The van der Waals surface area contributed by atoms with Crippen molar-refractivity contribution in [2.24, 2.45) is 0 Å². The minimum Gasteiger partial charge on any atom is -0.369 e. The number of piperazine rings is 1. The minimum atomic E-state index is -0.0364. The van der Waals surface area contributed by atoms with Gasteiger partial charge in [0.2, 0.25) is 0 Å². The predicted molar refractivity (Wildman–Crippen MR) is 123 cm³/mol. The van der Waals surface area contributed by atoms with Crippen molar-refractivity contribution in [2.75, 3.05) is 31.1 Å². The van der Waals surface area contributed by atoms with Crippen LogP contribution in [0.5, 0.6) is 0 Å². The highest BCUT2D eigenvalue weighted by Gasteiger charge is 2.17. The number of carbonyl (C=O) groups is 1. The number of amides is 1. The number of carbonyl (C=O) groups excluding carboxylic acids is 1. The molecule has 3 aromatic rings. The Morgan fingerprint density at radius 2 is 1.57 bits per heavy atom. The summed E-state index contributed by atoms with van der Waals surface area (Å²) >= 11 is 0. The second kappa shape index (κ2) is 9.59.